The summed E-state index contributed by atoms with van der Waals surface area (Å²) >= 11 is 0. The molecule has 0 radical (unpaired) electrons. The minimum atomic E-state index is 0.456. The summed E-state index contributed by atoms with van der Waals surface area (Å²) in [7, 11) is 1.67. The molecule has 0 spiro atoms. The van der Waals surface area contributed by atoms with Crippen LogP contribution in [0.1, 0.15) is 12.5 Å². The SMILES string of the molecule is COc1ccc(-c2nncn2C2CCNC2)cc1. The average Bonchev–Trinajstić information content (AvgIpc) is 3.09. The van der Waals surface area contributed by atoms with Gasteiger partial charge in [0.05, 0.1) is 13.2 Å². The summed E-state index contributed by atoms with van der Waals surface area (Å²) in [5.74, 6) is 1.78. The van der Waals surface area contributed by atoms with Gasteiger partial charge >= 0.3 is 0 Å². The van der Waals surface area contributed by atoms with Gasteiger partial charge in [-0.15, -0.1) is 10.2 Å². The molecular formula is C13H16N4O. The Morgan fingerprint density at radius 2 is 2.17 bits per heavy atom. The Morgan fingerprint density at radius 3 is 2.83 bits per heavy atom. The van der Waals surface area contributed by atoms with E-state index in [2.05, 4.69) is 20.1 Å². The van der Waals surface area contributed by atoms with Crippen LogP contribution >= 0.6 is 0 Å². The highest BCUT2D eigenvalue weighted by Gasteiger charge is 2.20. The molecule has 1 aliphatic rings. The lowest BCUT2D eigenvalue weighted by atomic mass is 10.2. The molecule has 1 atom stereocenters. The van der Waals surface area contributed by atoms with Gasteiger partial charge in [-0.25, -0.2) is 0 Å². The molecule has 1 aromatic heterocycles. The molecule has 1 unspecified atom stereocenters. The Hall–Kier alpha value is -1.88. The largest absolute Gasteiger partial charge is 0.497 e. The Balaban J connectivity index is 1.93. The zero-order chi connectivity index (χ0) is 12.4. The van der Waals surface area contributed by atoms with E-state index in [4.69, 9.17) is 4.74 Å². The summed E-state index contributed by atoms with van der Waals surface area (Å²) in [6.45, 7) is 2.05. The lowest BCUT2D eigenvalue weighted by Gasteiger charge is -2.13. The Labute approximate surface area is 106 Å². The molecule has 0 bridgehead atoms. The van der Waals surface area contributed by atoms with Crippen LogP contribution in [0.15, 0.2) is 30.6 Å². The van der Waals surface area contributed by atoms with E-state index in [-0.39, 0.29) is 0 Å². The van der Waals surface area contributed by atoms with Crippen molar-refractivity contribution in [3.05, 3.63) is 30.6 Å². The number of hydrogen-bond acceptors (Lipinski definition) is 4. The molecular weight excluding hydrogens is 228 g/mol. The van der Waals surface area contributed by atoms with Crippen LogP contribution in [-0.2, 0) is 0 Å². The highest BCUT2D eigenvalue weighted by molar-refractivity contribution is 5.56. The first kappa shape index (κ1) is 11.2. The number of hydrogen-bond donors (Lipinski definition) is 1. The van der Waals surface area contributed by atoms with E-state index >= 15 is 0 Å². The third-order valence-electron chi connectivity index (χ3n) is 3.35. The second-order valence-electron chi connectivity index (χ2n) is 4.44. The van der Waals surface area contributed by atoms with Crippen LogP contribution < -0.4 is 10.1 Å². The molecule has 0 saturated carbocycles. The van der Waals surface area contributed by atoms with Gasteiger partial charge in [-0.3, -0.25) is 0 Å². The molecule has 2 aromatic rings. The molecule has 3 rings (SSSR count). The number of ether oxygens (including phenoxy) is 1. The third kappa shape index (κ3) is 1.97. The second kappa shape index (κ2) is 4.78. The van der Waals surface area contributed by atoms with Crippen molar-refractivity contribution in [2.75, 3.05) is 20.2 Å². The van der Waals surface area contributed by atoms with E-state index in [1.165, 1.54) is 0 Å². The molecule has 1 aliphatic heterocycles. The normalized spacial score (nSPS) is 19.1. The monoisotopic (exact) mass is 244 g/mol. The van der Waals surface area contributed by atoms with E-state index in [0.717, 1.165) is 36.6 Å². The molecule has 5 nitrogen and oxygen atoms in total. The average molecular weight is 244 g/mol. The van der Waals surface area contributed by atoms with Crippen LogP contribution in [0, 0.1) is 0 Å². The zero-order valence-corrected chi connectivity index (χ0v) is 10.3. The predicted octanol–water partition coefficient (Wildman–Crippen LogP) is 1.49. The van der Waals surface area contributed by atoms with Gasteiger partial charge in [0.1, 0.15) is 12.1 Å². The summed E-state index contributed by atoms with van der Waals surface area (Å²) in [5.41, 5.74) is 1.07. The molecule has 94 valence electrons. The van der Waals surface area contributed by atoms with E-state index in [9.17, 15) is 0 Å². The van der Waals surface area contributed by atoms with Gasteiger partial charge in [0.25, 0.3) is 0 Å². The van der Waals surface area contributed by atoms with E-state index in [0.29, 0.717) is 6.04 Å². The highest BCUT2D eigenvalue weighted by atomic mass is 16.5. The predicted molar refractivity (Wildman–Crippen MR) is 68.5 cm³/mol. The molecule has 18 heavy (non-hydrogen) atoms. The standard InChI is InChI=1S/C13H16N4O/c1-18-12-4-2-10(3-5-12)13-16-15-9-17(13)11-6-7-14-8-11/h2-5,9,11,14H,6-8H2,1H3. The number of aromatic nitrogens is 3. The topological polar surface area (TPSA) is 52.0 Å². The van der Waals surface area contributed by atoms with Crippen molar-refractivity contribution >= 4 is 0 Å². The third-order valence-corrected chi connectivity index (χ3v) is 3.35. The van der Waals surface area contributed by atoms with Crippen molar-refractivity contribution in [2.45, 2.75) is 12.5 Å². The Kier molecular flexibility index (Phi) is 2.98. The molecule has 5 heteroatoms. The molecule has 2 heterocycles. The van der Waals surface area contributed by atoms with Crippen LogP contribution in [0.2, 0.25) is 0 Å². The zero-order valence-electron chi connectivity index (χ0n) is 10.3. The smallest absolute Gasteiger partial charge is 0.164 e. The van der Waals surface area contributed by atoms with Gasteiger partial charge in [0.2, 0.25) is 0 Å². The molecule has 1 saturated heterocycles. The van der Waals surface area contributed by atoms with Crippen molar-refractivity contribution in [3.8, 4) is 17.1 Å². The van der Waals surface area contributed by atoms with E-state index < -0.39 is 0 Å². The van der Waals surface area contributed by atoms with Gasteiger partial charge < -0.3 is 14.6 Å². The number of nitrogens with zero attached hydrogens (tertiary/aromatic N) is 3. The Bertz CT molecular complexity index is 514. The fraction of sp³-hybridized carbons (Fsp3) is 0.385. The molecule has 0 aliphatic carbocycles. The fourth-order valence-corrected chi connectivity index (χ4v) is 2.33. The summed E-state index contributed by atoms with van der Waals surface area (Å²) in [5, 5.41) is 11.6. The van der Waals surface area contributed by atoms with E-state index in [1.807, 2.05) is 30.6 Å². The van der Waals surface area contributed by atoms with Crippen molar-refractivity contribution in [1.82, 2.24) is 20.1 Å². The maximum Gasteiger partial charge on any atom is 0.164 e. The number of methoxy groups -OCH3 is 1. The highest BCUT2D eigenvalue weighted by Crippen LogP contribution is 2.25. The summed E-state index contributed by atoms with van der Waals surface area (Å²) in [6, 6.07) is 8.38. The molecule has 0 amide bonds. The first-order valence-corrected chi connectivity index (χ1v) is 6.13. The number of rotatable bonds is 3. The van der Waals surface area contributed by atoms with Crippen molar-refractivity contribution in [2.24, 2.45) is 0 Å². The van der Waals surface area contributed by atoms with Gasteiger partial charge in [-0.05, 0) is 37.2 Å². The van der Waals surface area contributed by atoms with Gasteiger partial charge in [-0.1, -0.05) is 0 Å². The van der Waals surface area contributed by atoms with Crippen LogP contribution in [0.3, 0.4) is 0 Å². The minimum absolute atomic E-state index is 0.456. The second-order valence-corrected chi connectivity index (χ2v) is 4.44. The van der Waals surface area contributed by atoms with Crippen LogP contribution in [0.25, 0.3) is 11.4 Å². The first-order chi connectivity index (χ1) is 8.88. The van der Waals surface area contributed by atoms with E-state index in [1.54, 1.807) is 7.11 Å². The summed E-state index contributed by atoms with van der Waals surface area (Å²) < 4.78 is 7.32. The van der Waals surface area contributed by atoms with Gasteiger partial charge in [0.15, 0.2) is 5.82 Å². The summed E-state index contributed by atoms with van der Waals surface area (Å²) in [6.07, 6.45) is 2.94. The quantitative estimate of drug-likeness (QED) is 0.888. The lowest BCUT2D eigenvalue weighted by Crippen LogP contribution is -2.13. The Morgan fingerprint density at radius 1 is 1.33 bits per heavy atom. The fourth-order valence-electron chi connectivity index (χ4n) is 2.33. The van der Waals surface area contributed by atoms with Crippen LogP contribution in [-0.4, -0.2) is 35.0 Å². The van der Waals surface area contributed by atoms with Crippen molar-refractivity contribution in [3.63, 3.8) is 0 Å². The first-order valence-electron chi connectivity index (χ1n) is 6.13. The molecule has 1 aromatic carbocycles. The molecule has 1 fully saturated rings. The maximum atomic E-state index is 5.16. The number of nitrogens with one attached hydrogen (secondary N) is 1. The maximum absolute atomic E-state index is 5.16. The minimum Gasteiger partial charge on any atom is -0.497 e. The summed E-state index contributed by atoms with van der Waals surface area (Å²) in [4.78, 5) is 0. The lowest BCUT2D eigenvalue weighted by molar-refractivity contribution is 0.415. The van der Waals surface area contributed by atoms with Gasteiger partial charge in [0, 0.05) is 12.1 Å². The molecule has 1 N–H and O–H groups in total. The van der Waals surface area contributed by atoms with Gasteiger partial charge in [-0.2, -0.15) is 0 Å². The van der Waals surface area contributed by atoms with Crippen LogP contribution in [0.4, 0.5) is 0 Å². The van der Waals surface area contributed by atoms with Crippen molar-refractivity contribution in [1.29, 1.82) is 0 Å². The number of benzene rings is 1. The van der Waals surface area contributed by atoms with Crippen molar-refractivity contribution < 1.29 is 4.74 Å². The van der Waals surface area contributed by atoms with Crippen LogP contribution in [0.5, 0.6) is 5.75 Å².